The number of para-hydroxylation sites is 1. The summed E-state index contributed by atoms with van der Waals surface area (Å²) in [6.07, 6.45) is -0.890. The molecule has 0 unspecified atom stereocenters. The van der Waals surface area contributed by atoms with Crippen molar-refractivity contribution in [1.29, 1.82) is 0 Å². The summed E-state index contributed by atoms with van der Waals surface area (Å²) >= 11 is 0. The Morgan fingerprint density at radius 1 is 1.24 bits per heavy atom. The molecule has 21 heavy (non-hydrogen) atoms. The molecule has 0 saturated heterocycles. The van der Waals surface area contributed by atoms with Gasteiger partial charge in [-0.3, -0.25) is 9.36 Å². The van der Waals surface area contributed by atoms with Gasteiger partial charge in [0, 0.05) is 5.39 Å². The molecular weight excluding hydrogens is 278 g/mol. The van der Waals surface area contributed by atoms with Crippen molar-refractivity contribution in [1.82, 2.24) is 4.57 Å². The number of ether oxygens (including phenoxy) is 2. The molecule has 0 aliphatic heterocycles. The van der Waals surface area contributed by atoms with Gasteiger partial charge in [0.15, 0.2) is 5.69 Å². The Balaban J connectivity index is 2.55. The fraction of sp³-hybridized carbons (Fsp3) is 0.231. The summed E-state index contributed by atoms with van der Waals surface area (Å²) in [6, 6.07) is 6.88. The van der Waals surface area contributed by atoms with E-state index < -0.39 is 12.1 Å². The number of fused-ring (bicyclic) bond motifs is 1. The molecule has 0 aliphatic carbocycles. The first-order valence-corrected chi connectivity index (χ1v) is 5.95. The Kier molecular flexibility index (Phi) is 4.17. The third kappa shape index (κ3) is 2.83. The minimum Gasteiger partial charge on any atom is -0.493 e. The number of nitrogens with zero attached hydrogens (tertiary/aromatic N) is 3. The van der Waals surface area contributed by atoms with E-state index in [4.69, 9.17) is 0 Å². The summed E-state index contributed by atoms with van der Waals surface area (Å²) in [7, 11) is 2.42. The average Bonchev–Trinajstić information content (AvgIpc) is 2.77. The molecule has 110 valence electrons. The highest BCUT2D eigenvalue weighted by atomic mass is 16.5. The van der Waals surface area contributed by atoms with Gasteiger partial charge in [0.25, 0.3) is 0 Å². The second kappa shape index (κ2) is 6.04. The van der Waals surface area contributed by atoms with Gasteiger partial charge >= 0.3 is 12.1 Å². The van der Waals surface area contributed by atoms with Gasteiger partial charge in [0.1, 0.15) is 6.54 Å². The zero-order valence-electron chi connectivity index (χ0n) is 11.4. The van der Waals surface area contributed by atoms with Crippen LogP contribution in [0.25, 0.3) is 10.9 Å². The predicted octanol–water partition coefficient (Wildman–Crippen LogP) is 2.37. The van der Waals surface area contributed by atoms with E-state index in [0.717, 1.165) is 0 Å². The maximum Gasteiger partial charge on any atom is 0.452 e. The number of rotatable bonds is 3. The van der Waals surface area contributed by atoms with Crippen molar-refractivity contribution < 1.29 is 24.2 Å². The summed E-state index contributed by atoms with van der Waals surface area (Å²) in [6.45, 7) is -0.184. The van der Waals surface area contributed by atoms with E-state index in [1.165, 1.54) is 18.8 Å². The minimum absolute atomic E-state index is 0.0832. The molecule has 0 saturated carbocycles. The molecule has 1 aromatic carbocycles. The summed E-state index contributed by atoms with van der Waals surface area (Å²) in [5.41, 5.74) is 0.652. The molecule has 1 heterocycles. The number of amides is 1. The molecule has 0 atom stereocenters. The van der Waals surface area contributed by atoms with Gasteiger partial charge < -0.3 is 14.6 Å². The molecule has 0 radical (unpaired) electrons. The lowest BCUT2D eigenvalue weighted by molar-refractivity contribution is -0.141. The van der Waals surface area contributed by atoms with Crippen LogP contribution >= 0.6 is 0 Å². The SMILES string of the molecule is COC(=O)Cn1c(O)c(N=NC(=O)OC)c2ccccc21. The number of benzene rings is 1. The first-order valence-electron chi connectivity index (χ1n) is 5.95. The highest BCUT2D eigenvalue weighted by molar-refractivity contribution is 5.96. The third-order valence-electron chi connectivity index (χ3n) is 2.84. The van der Waals surface area contributed by atoms with Crippen LogP contribution in [-0.2, 0) is 20.8 Å². The number of hydrogen-bond donors (Lipinski definition) is 1. The minimum atomic E-state index is -0.890. The smallest absolute Gasteiger partial charge is 0.452 e. The second-order valence-corrected chi connectivity index (χ2v) is 4.02. The van der Waals surface area contributed by atoms with Gasteiger partial charge in [-0.1, -0.05) is 23.3 Å². The molecule has 0 fully saturated rings. The van der Waals surface area contributed by atoms with Crippen LogP contribution in [0.4, 0.5) is 10.5 Å². The number of esters is 1. The number of carbonyl (C=O) groups excluding carboxylic acids is 2. The predicted molar refractivity (Wildman–Crippen MR) is 72.5 cm³/mol. The van der Waals surface area contributed by atoms with Gasteiger partial charge in [-0.05, 0) is 6.07 Å². The molecule has 2 aromatic rings. The van der Waals surface area contributed by atoms with Crippen molar-refractivity contribution in [2.75, 3.05) is 14.2 Å². The average molecular weight is 291 g/mol. The first-order chi connectivity index (χ1) is 10.1. The summed E-state index contributed by atoms with van der Waals surface area (Å²) < 4.78 is 10.3. The maximum atomic E-state index is 11.4. The number of carbonyl (C=O) groups is 2. The van der Waals surface area contributed by atoms with Crippen molar-refractivity contribution in [2.24, 2.45) is 10.2 Å². The number of aromatic nitrogens is 1. The van der Waals surface area contributed by atoms with Gasteiger partial charge in [-0.15, -0.1) is 5.11 Å². The molecule has 0 aliphatic rings. The van der Waals surface area contributed by atoms with E-state index in [0.29, 0.717) is 10.9 Å². The van der Waals surface area contributed by atoms with Crippen molar-refractivity contribution in [2.45, 2.75) is 6.54 Å². The standard InChI is InChI=1S/C13H13N3O5/c1-20-10(17)7-16-9-6-4-3-5-8(9)11(12(16)18)14-15-13(19)21-2/h3-6,18H,7H2,1-2H3. The lowest BCUT2D eigenvalue weighted by atomic mass is 10.2. The van der Waals surface area contributed by atoms with Gasteiger partial charge in [0.2, 0.25) is 5.88 Å². The fourth-order valence-corrected chi connectivity index (χ4v) is 1.86. The van der Waals surface area contributed by atoms with Crippen LogP contribution in [0.2, 0.25) is 0 Å². The van der Waals surface area contributed by atoms with E-state index in [9.17, 15) is 14.7 Å². The van der Waals surface area contributed by atoms with Crippen LogP contribution in [0.5, 0.6) is 5.88 Å². The Bertz CT molecular complexity index is 720. The van der Waals surface area contributed by atoms with Crippen molar-refractivity contribution in [3.8, 4) is 5.88 Å². The molecule has 8 heteroatoms. The molecule has 1 N–H and O–H groups in total. The largest absolute Gasteiger partial charge is 0.493 e. The topological polar surface area (TPSA) is 102 Å². The maximum absolute atomic E-state index is 11.4. The Morgan fingerprint density at radius 2 is 1.95 bits per heavy atom. The number of methoxy groups -OCH3 is 2. The molecule has 0 bridgehead atoms. The number of hydrogen-bond acceptors (Lipinski definition) is 6. The van der Waals surface area contributed by atoms with Crippen molar-refractivity contribution >= 4 is 28.7 Å². The van der Waals surface area contributed by atoms with Crippen molar-refractivity contribution in [3.63, 3.8) is 0 Å². The molecule has 0 spiro atoms. The zero-order valence-corrected chi connectivity index (χ0v) is 11.4. The Labute approximate surface area is 119 Å². The molecule has 1 amide bonds. The number of azo groups is 1. The van der Waals surface area contributed by atoms with Crippen LogP contribution < -0.4 is 0 Å². The van der Waals surface area contributed by atoms with E-state index >= 15 is 0 Å². The third-order valence-corrected chi connectivity index (χ3v) is 2.84. The van der Waals surface area contributed by atoms with Gasteiger partial charge in [0.05, 0.1) is 19.7 Å². The van der Waals surface area contributed by atoms with Crippen LogP contribution in [0, 0.1) is 0 Å². The van der Waals surface area contributed by atoms with Gasteiger partial charge in [-0.25, -0.2) is 4.79 Å². The van der Waals surface area contributed by atoms with Crippen LogP contribution in [0.3, 0.4) is 0 Å². The monoisotopic (exact) mass is 291 g/mol. The molecular formula is C13H13N3O5. The van der Waals surface area contributed by atoms with Crippen molar-refractivity contribution in [3.05, 3.63) is 24.3 Å². The summed E-state index contributed by atoms with van der Waals surface area (Å²) in [4.78, 5) is 22.4. The van der Waals surface area contributed by atoms with Crippen LogP contribution in [-0.4, -0.2) is 36.0 Å². The Hall–Kier alpha value is -2.90. The quantitative estimate of drug-likeness (QED) is 0.690. The fourth-order valence-electron chi connectivity index (χ4n) is 1.86. The second-order valence-electron chi connectivity index (χ2n) is 4.02. The normalized spacial score (nSPS) is 11.0. The van der Waals surface area contributed by atoms with E-state index in [2.05, 4.69) is 19.7 Å². The van der Waals surface area contributed by atoms with Crippen LogP contribution in [0.15, 0.2) is 34.5 Å². The molecule has 1 aromatic heterocycles. The lowest BCUT2D eigenvalue weighted by Gasteiger charge is -2.04. The summed E-state index contributed by atoms with van der Waals surface area (Å²) in [5, 5.41) is 17.7. The molecule has 2 rings (SSSR count). The first kappa shape index (κ1) is 14.5. The van der Waals surface area contributed by atoms with E-state index in [1.54, 1.807) is 24.3 Å². The van der Waals surface area contributed by atoms with E-state index in [1.807, 2.05) is 0 Å². The molecule has 8 nitrogen and oxygen atoms in total. The highest BCUT2D eigenvalue weighted by Gasteiger charge is 2.18. The van der Waals surface area contributed by atoms with Crippen LogP contribution in [0.1, 0.15) is 0 Å². The number of aromatic hydroxyl groups is 1. The zero-order chi connectivity index (χ0) is 15.4. The lowest BCUT2D eigenvalue weighted by Crippen LogP contribution is -2.10. The van der Waals surface area contributed by atoms with E-state index in [-0.39, 0.29) is 18.1 Å². The Morgan fingerprint density at radius 3 is 2.62 bits per heavy atom. The summed E-state index contributed by atoms with van der Waals surface area (Å²) in [5.74, 6) is -0.809. The van der Waals surface area contributed by atoms with Gasteiger partial charge in [-0.2, -0.15) is 0 Å². The highest BCUT2D eigenvalue weighted by Crippen LogP contribution is 2.38.